The molecule has 0 atom stereocenters. The molecule has 0 aliphatic heterocycles. The van der Waals surface area contributed by atoms with E-state index in [1.54, 1.807) is 7.11 Å². The first-order valence-corrected chi connectivity index (χ1v) is 11.4. The van der Waals surface area contributed by atoms with E-state index in [0.717, 1.165) is 44.6 Å². The van der Waals surface area contributed by atoms with Crippen molar-refractivity contribution in [1.29, 1.82) is 0 Å². The Morgan fingerprint density at radius 1 is 1.20 bits per heavy atom. The molecule has 1 heterocycles. The first kappa shape index (κ1) is 22.4. The van der Waals surface area contributed by atoms with Gasteiger partial charge in [-0.2, -0.15) is 0 Å². The second-order valence-corrected chi connectivity index (χ2v) is 9.16. The third kappa shape index (κ3) is 5.64. The van der Waals surface area contributed by atoms with Gasteiger partial charge in [-0.3, -0.25) is 4.79 Å². The predicted molar refractivity (Wildman–Crippen MR) is 125 cm³/mol. The lowest BCUT2D eigenvalue weighted by atomic mass is 10.2. The number of methoxy groups -OCH3 is 1. The van der Waals surface area contributed by atoms with E-state index in [0.29, 0.717) is 5.92 Å². The van der Waals surface area contributed by atoms with Gasteiger partial charge in [-0.15, -0.1) is 10.2 Å². The molecule has 1 aromatic heterocycles. The summed E-state index contributed by atoms with van der Waals surface area (Å²) in [7, 11) is 1.64. The van der Waals surface area contributed by atoms with Crippen molar-refractivity contribution >= 4 is 39.3 Å². The first-order chi connectivity index (χ1) is 14.4. The monoisotopic (exact) mass is 488 g/mol. The van der Waals surface area contributed by atoms with Gasteiger partial charge in [-0.25, -0.2) is 0 Å². The van der Waals surface area contributed by atoms with E-state index in [2.05, 4.69) is 49.9 Å². The fourth-order valence-corrected chi connectivity index (χ4v) is 4.26. The molecular weight excluding hydrogens is 464 g/mol. The third-order valence-electron chi connectivity index (χ3n) is 4.34. The fraction of sp³-hybridized carbons (Fsp3) is 0.318. The second kappa shape index (κ2) is 10.1. The van der Waals surface area contributed by atoms with Crippen LogP contribution in [-0.2, 0) is 11.3 Å². The van der Waals surface area contributed by atoms with Gasteiger partial charge in [0.15, 0.2) is 11.0 Å². The number of ether oxygens (including phenoxy) is 1. The minimum atomic E-state index is -0.0883. The van der Waals surface area contributed by atoms with E-state index in [9.17, 15) is 4.79 Å². The molecule has 0 spiro atoms. The van der Waals surface area contributed by atoms with Crippen LogP contribution in [0.3, 0.4) is 0 Å². The van der Waals surface area contributed by atoms with Crippen molar-refractivity contribution in [2.45, 2.75) is 32.5 Å². The zero-order valence-corrected chi connectivity index (χ0v) is 19.9. The highest BCUT2D eigenvalue weighted by Gasteiger charge is 2.17. The smallest absolute Gasteiger partial charge is 0.234 e. The van der Waals surface area contributed by atoms with Gasteiger partial charge in [-0.05, 0) is 70.7 Å². The molecule has 3 rings (SSSR count). The number of halogens is 1. The van der Waals surface area contributed by atoms with Crippen molar-refractivity contribution in [2.24, 2.45) is 5.92 Å². The van der Waals surface area contributed by atoms with Crippen LogP contribution in [-0.4, -0.2) is 33.5 Å². The van der Waals surface area contributed by atoms with Gasteiger partial charge in [0, 0.05) is 16.6 Å². The molecule has 6 nitrogen and oxygen atoms in total. The van der Waals surface area contributed by atoms with Crippen molar-refractivity contribution in [1.82, 2.24) is 14.8 Å². The first-order valence-electron chi connectivity index (χ1n) is 9.63. The number of benzene rings is 2. The Balaban J connectivity index is 1.74. The highest BCUT2D eigenvalue weighted by Crippen LogP contribution is 2.27. The van der Waals surface area contributed by atoms with Crippen LogP contribution in [0, 0.1) is 12.8 Å². The Bertz CT molecular complexity index is 1020. The molecule has 1 amide bonds. The normalized spacial score (nSPS) is 11.0. The van der Waals surface area contributed by atoms with Gasteiger partial charge in [0.2, 0.25) is 5.91 Å². The Morgan fingerprint density at radius 3 is 2.57 bits per heavy atom. The van der Waals surface area contributed by atoms with Gasteiger partial charge < -0.3 is 14.6 Å². The highest BCUT2D eigenvalue weighted by molar-refractivity contribution is 9.10. The number of anilines is 1. The Hall–Kier alpha value is -2.32. The standard InChI is InChI=1S/C22H25BrN4O2S/c1-14(2)12-27-21(16-6-8-17(29-4)9-7-16)25-26-22(27)30-13-20(28)24-19-10-5-15(3)11-18(19)23/h5-11,14H,12-13H2,1-4H3,(H,24,28). The summed E-state index contributed by atoms with van der Waals surface area (Å²) in [6, 6.07) is 13.6. The Morgan fingerprint density at radius 2 is 1.93 bits per heavy atom. The van der Waals surface area contributed by atoms with Crippen LogP contribution < -0.4 is 10.1 Å². The number of hydrogen-bond donors (Lipinski definition) is 1. The number of rotatable bonds is 8. The average molecular weight is 489 g/mol. The summed E-state index contributed by atoms with van der Waals surface area (Å²) in [6.45, 7) is 7.07. The van der Waals surface area contributed by atoms with Crippen molar-refractivity contribution < 1.29 is 9.53 Å². The van der Waals surface area contributed by atoms with E-state index < -0.39 is 0 Å². The molecule has 0 bridgehead atoms. The van der Waals surface area contributed by atoms with Crippen molar-refractivity contribution in [2.75, 3.05) is 18.2 Å². The number of thioether (sulfide) groups is 1. The van der Waals surface area contributed by atoms with Crippen LogP contribution in [0.25, 0.3) is 11.4 Å². The van der Waals surface area contributed by atoms with E-state index in [1.165, 1.54) is 11.8 Å². The molecular formula is C22H25BrN4O2S. The number of aromatic nitrogens is 3. The summed E-state index contributed by atoms with van der Waals surface area (Å²) in [5, 5.41) is 12.4. The molecule has 0 saturated carbocycles. The number of carbonyl (C=O) groups excluding carboxylic acids is 1. The van der Waals surface area contributed by atoms with Gasteiger partial charge >= 0.3 is 0 Å². The average Bonchev–Trinajstić information content (AvgIpc) is 3.10. The minimum absolute atomic E-state index is 0.0883. The molecule has 0 aliphatic carbocycles. The largest absolute Gasteiger partial charge is 0.497 e. The third-order valence-corrected chi connectivity index (χ3v) is 5.97. The molecule has 0 saturated heterocycles. The van der Waals surface area contributed by atoms with Gasteiger partial charge in [-0.1, -0.05) is 31.7 Å². The summed E-state index contributed by atoms with van der Waals surface area (Å²) in [5.41, 5.74) is 2.85. The number of nitrogens with one attached hydrogen (secondary N) is 1. The highest BCUT2D eigenvalue weighted by atomic mass is 79.9. The minimum Gasteiger partial charge on any atom is -0.497 e. The maximum absolute atomic E-state index is 12.5. The lowest BCUT2D eigenvalue weighted by Gasteiger charge is -2.13. The Labute approximate surface area is 189 Å². The maximum atomic E-state index is 12.5. The molecule has 30 heavy (non-hydrogen) atoms. The van der Waals surface area contributed by atoms with Crippen molar-refractivity contribution in [3.05, 3.63) is 52.5 Å². The molecule has 8 heteroatoms. The number of aryl methyl sites for hydroxylation is 1. The second-order valence-electron chi connectivity index (χ2n) is 7.36. The molecule has 0 radical (unpaired) electrons. The summed E-state index contributed by atoms with van der Waals surface area (Å²) >= 11 is 4.88. The summed E-state index contributed by atoms with van der Waals surface area (Å²) in [5.74, 6) is 2.15. The topological polar surface area (TPSA) is 69.0 Å². The van der Waals surface area contributed by atoms with Crippen molar-refractivity contribution in [3.63, 3.8) is 0 Å². The maximum Gasteiger partial charge on any atom is 0.234 e. The SMILES string of the molecule is COc1ccc(-c2nnc(SCC(=O)Nc3ccc(C)cc3Br)n2CC(C)C)cc1. The van der Waals surface area contributed by atoms with E-state index >= 15 is 0 Å². The van der Waals surface area contributed by atoms with Crippen molar-refractivity contribution in [3.8, 4) is 17.1 Å². The van der Waals surface area contributed by atoms with E-state index in [4.69, 9.17) is 4.74 Å². The van der Waals surface area contributed by atoms with Gasteiger partial charge in [0.25, 0.3) is 0 Å². The quantitative estimate of drug-likeness (QED) is 0.429. The van der Waals surface area contributed by atoms with Crippen LogP contribution in [0.5, 0.6) is 5.75 Å². The number of hydrogen-bond acceptors (Lipinski definition) is 5. The zero-order valence-electron chi connectivity index (χ0n) is 17.5. The van der Waals surface area contributed by atoms with E-state index in [1.807, 2.05) is 49.4 Å². The molecule has 0 fully saturated rings. The lowest BCUT2D eigenvalue weighted by Crippen LogP contribution is -2.15. The van der Waals surface area contributed by atoms with Crippen LogP contribution in [0.4, 0.5) is 5.69 Å². The van der Waals surface area contributed by atoms with Crippen LogP contribution in [0.1, 0.15) is 19.4 Å². The molecule has 2 aromatic carbocycles. The van der Waals surface area contributed by atoms with Crippen LogP contribution >= 0.6 is 27.7 Å². The van der Waals surface area contributed by atoms with E-state index in [-0.39, 0.29) is 11.7 Å². The number of carbonyl (C=O) groups is 1. The van der Waals surface area contributed by atoms with Gasteiger partial charge in [0.05, 0.1) is 18.6 Å². The summed E-state index contributed by atoms with van der Waals surface area (Å²) in [4.78, 5) is 12.5. The molecule has 1 N–H and O–H groups in total. The summed E-state index contributed by atoms with van der Waals surface area (Å²) < 4.78 is 8.18. The number of nitrogens with zero attached hydrogens (tertiary/aromatic N) is 3. The van der Waals surface area contributed by atoms with Gasteiger partial charge in [0.1, 0.15) is 5.75 Å². The van der Waals surface area contributed by atoms with Crippen LogP contribution in [0.15, 0.2) is 52.1 Å². The molecule has 0 unspecified atom stereocenters. The fourth-order valence-electron chi connectivity index (χ4n) is 2.92. The lowest BCUT2D eigenvalue weighted by molar-refractivity contribution is -0.113. The zero-order chi connectivity index (χ0) is 21.7. The molecule has 0 aliphatic rings. The molecule has 158 valence electrons. The number of amides is 1. The Kier molecular flexibility index (Phi) is 7.55. The summed E-state index contributed by atoms with van der Waals surface area (Å²) in [6.07, 6.45) is 0. The predicted octanol–water partition coefficient (Wildman–Crippen LogP) is 5.41. The molecule has 3 aromatic rings. The van der Waals surface area contributed by atoms with Crippen LogP contribution in [0.2, 0.25) is 0 Å².